The summed E-state index contributed by atoms with van der Waals surface area (Å²) in [5, 5.41) is 6.43. The van der Waals surface area contributed by atoms with E-state index in [1.54, 1.807) is 36.6 Å². The third-order valence-corrected chi connectivity index (χ3v) is 3.28. The van der Waals surface area contributed by atoms with Crippen molar-refractivity contribution in [2.75, 3.05) is 10.6 Å². The zero-order valence-electron chi connectivity index (χ0n) is 12.0. The predicted molar refractivity (Wildman–Crippen MR) is 87.5 cm³/mol. The second kappa shape index (κ2) is 6.93. The molecule has 0 radical (unpaired) electrons. The number of carbonyl (C=O) groups excluding carboxylic acids is 1. The summed E-state index contributed by atoms with van der Waals surface area (Å²) in [6, 6.07) is 12.1. The minimum absolute atomic E-state index is 0.261. The first-order valence-corrected chi connectivity index (χ1v) is 7.24. The fraction of sp³-hybridized carbons (Fsp3) is 0.0625. The van der Waals surface area contributed by atoms with Crippen LogP contribution in [0.2, 0.25) is 5.02 Å². The van der Waals surface area contributed by atoms with Crippen LogP contribution >= 0.6 is 11.6 Å². The van der Waals surface area contributed by atoms with Crippen molar-refractivity contribution >= 4 is 29.0 Å². The second-order valence-electron chi connectivity index (χ2n) is 4.68. The first kappa shape index (κ1) is 15.1. The molecule has 0 unspecified atom stereocenters. The third-order valence-electron chi connectivity index (χ3n) is 3.03. The average molecular weight is 329 g/mol. The second-order valence-corrected chi connectivity index (χ2v) is 5.12. The summed E-state index contributed by atoms with van der Waals surface area (Å²) in [7, 11) is 0. The summed E-state index contributed by atoms with van der Waals surface area (Å²) in [5.74, 6) is 0.990. The lowest BCUT2D eigenvalue weighted by molar-refractivity contribution is 0.102. The van der Waals surface area contributed by atoms with E-state index in [1.165, 1.54) is 6.33 Å². The maximum Gasteiger partial charge on any atom is 0.274 e. The van der Waals surface area contributed by atoms with Gasteiger partial charge >= 0.3 is 0 Å². The van der Waals surface area contributed by atoms with Crippen LogP contribution < -0.4 is 10.6 Å². The molecule has 3 aromatic rings. The highest BCUT2D eigenvalue weighted by Gasteiger charge is 2.09. The van der Waals surface area contributed by atoms with Crippen LogP contribution in [-0.2, 0) is 6.54 Å². The van der Waals surface area contributed by atoms with Gasteiger partial charge in [-0.05, 0) is 36.4 Å². The number of hydrogen-bond donors (Lipinski definition) is 2. The minimum Gasteiger partial charge on any atom is -0.467 e. The number of carbonyl (C=O) groups is 1. The first-order valence-electron chi connectivity index (χ1n) is 6.86. The third kappa shape index (κ3) is 4.08. The van der Waals surface area contributed by atoms with Crippen LogP contribution in [0.25, 0.3) is 0 Å². The Morgan fingerprint density at radius 2 is 2.00 bits per heavy atom. The maximum atomic E-state index is 12.2. The van der Waals surface area contributed by atoms with Crippen molar-refractivity contribution in [3.8, 4) is 0 Å². The van der Waals surface area contributed by atoms with Crippen molar-refractivity contribution in [3.05, 3.63) is 71.5 Å². The van der Waals surface area contributed by atoms with E-state index in [-0.39, 0.29) is 11.6 Å². The summed E-state index contributed by atoms with van der Waals surface area (Å²) in [6.45, 7) is 0.474. The van der Waals surface area contributed by atoms with Gasteiger partial charge in [0.15, 0.2) is 0 Å². The molecule has 0 bridgehead atoms. The summed E-state index contributed by atoms with van der Waals surface area (Å²) in [5.41, 5.74) is 0.903. The van der Waals surface area contributed by atoms with E-state index in [0.717, 1.165) is 5.76 Å². The van der Waals surface area contributed by atoms with Crippen molar-refractivity contribution in [2.24, 2.45) is 0 Å². The lowest BCUT2D eigenvalue weighted by Crippen LogP contribution is -2.14. The molecule has 116 valence electrons. The van der Waals surface area contributed by atoms with Crippen LogP contribution in [-0.4, -0.2) is 15.9 Å². The van der Waals surface area contributed by atoms with Crippen molar-refractivity contribution < 1.29 is 9.21 Å². The van der Waals surface area contributed by atoms with Gasteiger partial charge in [0.1, 0.15) is 23.6 Å². The van der Waals surface area contributed by atoms with Gasteiger partial charge in [-0.1, -0.05) is 11.6 Å². The van der Waals surface area contributed by atoms with E-state index in [1.807, 2.05) is 12.1 Å². The van der Waals surface area contributed by atoms with Crippen LogP contribution in [0.3, 0.4) is 0 Å². The number of hydrogen-bond acceptors (Lipinski definition) is 5. The van der Waals surface area contributed by atoms with Crippen molar-refractivity contribution in [1.82, 2.24) is 9.97 Å². The monoisotopic (exact) mass is 328 g/mol. The molecule has 0 spiro atoms. The van der Waals surface area contributed by atoms with Gasteiger partial charge in [-0.2, -0.15) is 0 Å². The summed E-state index contributed by atoms with van der Waals surface area (Å²) < 4.78 is 5.23. The van der Waals surface area contributed by atoms with Gasteiger partial charge in [-0.25, -0.2) is 9.97 Å². The molecule has 2 aromatic heterocycles. The molecular weight excluding hydrogens is 316 g/mol. The Hall–Kier alpha value is -2.86. The van der Waals surface area contributed by atoms with E-state index < -0.39 is 0 Å². The van der Waals surface area contributed by atoms with Gasteiger partial charge in [0.25, 0.3) is 5.91 Å². The number of benzene rings is 1. The highest BCUT2D eigenvalue weighted by Crippen LogP contribution is 2.15. The molecule has 0 saturated carbocycles. The number of amides is 1. The first-order chi connectivity index (χ1) is 11.2. The highest BCUT2D eigenvalue weighted by atomic mass is 35.5. The van der Waals surface area contributed by atoms with Crippen molar-refractivity contribution in [3.63, 3.8) is 0 Å². The fourth-order valence-electron chi connectivity index (χ4n) is 1.90. The lowest BCUT2D eigenvalue weighted by atomic mass is 10.3. The smallest absolute Gasteiger partial charge is 0.274 e. The van der Waals surface area contributed by atoms with Crippen LogP contribution in [0.15, 0.2) is 59.5 Å². The Labute approximate surface area is 137 Å². The fourth-order valence-corrected chi connectivity index (χ4v) is 2.02. The van der Waals surface area contributed by atoms with Crippen molar-refractivity contribution in [1.29, 1.82) is 0 Å². The Morgan fingerprint density at radius 3 is 2.74 bits per heavy atom. The number of aromatic nitrogens is 2. The molecule has 0 aliphatic carbocycles. The maximum absolute atomic E-state index is 12.2. The van der Waals surface area contributed by atoms with Gasteiger partial charge in [0.05, 0.1) is 12.8 Å². The van der Waals surface area contributed by atoms with Crippen LogP contribution in [0, 0.1) is 0 Å². The Kier molecular flexibility index (Phi) is 4.54. The van der Waals surface area contributed by atoms with Crippen molar-refractivity contribution in [2.45, 2.75) is 6.54 Å². The van der Waals surface area contributed by atoms with E-state index in [4.69, 9.17) is 16.0 Å². The molecule has 0 aliphatic heterocycles. The molecule has 0 saturated heterocycles. The molecule has 3 rings (SSSR count). The normalized spacial score (nSPS) is 10.3. The molecule has 0 fully saturated rings. The molecule has 1 amide bonds. The zero-order chi connectivity index (χ0) is 16.1. The van der Waals surface area contributed by atoms with Gasteiger partial charge in [-0.3, -0.25) is 4.79 Å². The molecule has 23 heavy (non-hydrogen) atoms. The summed E-state index contributed by atoms with van der Waals surface area (Å²) in [6.07, 6.45) is 2.93. The molecule has 7 heteroatoms. The Bertz CT molecular complexity index is 788. The Balaban J connectivity index is 1.66. The van der Waals surface area contributed by atoms with Gasteiger partial charge in [-0.15, -0.1) is 0 Å². The number of rotatable bonds is 5. The molecular formula is C16H13ClN4O2. The quantitative estimate of drug-likeness (QED) is 0.748. The van der Waals surface area contributed by atoms with E-state index in [2.05, 4.69) is 20.6 Å². The number of furan rings is 1. The summed E-state index contributed by atoms with van der Waals surface area (Å²) in [4.78, 5) is 20.3. The van der Waals surface area contributed by atoms with E-state index in [9.17, 15) is 4.79 Å². The van der Waals surface area contributed by atoms with Gasteiger partial charge in [0.2, 0.25) is 0 Å². The average Bonchev–Trinajstić information content (AvgIpc) is 3.09. The highest BCUT2D eigenvalue weighted by molar-refractivity contribution is 6.30. The standard InChI is InChI=1S/C16H13ClN4O2/c17-11-3-5-12(6-4-11)21-16(22)14-8-15(20-10-19-14)18-9-13-2-1-7-23-13/h1-8,10H,9H2,(H,21,22)(H,18,19,20). The van der Waals surface area contributed by atoms with Crippen LogP contribution in [0.5, 0.6) is 0 Å². The molecule has 1 aromatic carbocycles. The molecule has 2 N–H and O–H groups in total. The van der Waals surface area contributed by atoms with Crippen LogP contribution in [0.1, 0.15) is 16.2 Å². The molecule has 2 heterocycles. The van der Waals surface area contributed by atoms with Gasteiger partial charge < -0.3 is 15.1 Å². The number of nitrogens with zero attached hydrogens (tertiary/aromatic N) is 2. The van der Waals surface area contributed by atoms with Gasteiger partial charge in [0, 0.05) is 16.8 Å². The minimum atomic E-state index is -0.323. The molecule has 0 atom stereocenters. The largest absolute Gasteiger partial charge is 0.467 e. The lowest BCUT2D eigenvalue weighted by Gasteiger charge is -2.07. The SMILES string of the molecule is O=C(Nc1ccc(Cl)cc1)c1cc(NCc2ccco2)ncn1. The topological polar surface area (TPSA) is 80.0 Å². The number of halogens is 1. The summed E-state index contributed by atoms with van der Waals surface area (Å²) >= 11 is 5.81. The zero-order valence-corrected chi connectivity index (χ0v) is 12.7. The Morgan fingerprint density at radius 1 is 1.17 bits per heavy atom. The molecule has 0 aliphatic rings. The van der Waals surface area contributed by atoms with E-state index >= 15 is 0 Å². The predicted octanol–water partition coefficient (Wildman–Crippen LogP) is 3.59. The van der Waals surface area contributed by atoms with E-state index in [0.29, 0.717) is 23.1 Å². The number of nitrogens with one attached hydrogen (secondary N) is 2. The number of anilines is 2. The molecule has 6 nitrogen and oxygen atoms in total. The van der Waals surface area contributed by atoms with Crippen LogP contribution in [0.4, 0.5) is 11.5 Å².